The molecule has 4 rings (SSSR count). The second-order valence-corrected chi connectivity index (χ2v) is 8.09. The summed E-state index contributed by atoms with van der Waals surface area (Å²) in [4.78, 5) is 12.3. The normalized spacial score (nSPS) is 12.4. The molecule has 0 aliphatic carbocycles. The number of benzene rings is 3. The van der Waals surface area contributed by atoms with Crippen LogP contribution in [0.15, 0.2) is 60.7 Å². The molecule has 2 amide bonds. The maximum Gasteiger partial charge on any atom is 0.416 e. The number of nitrogens with zero attached hydrogens (tertiary/aromatic N) is 1. The van der Waals surface area contributed by atoms with Gasteiger partial charge < -0.3 is 10.1 Å². The molecule has 0 saturated carbocycles. The van der Waals surface area contributed by atoms with Crippen molar-refractivity contribution in [2.75, 3.05) is 10.6 Å². The van der Waals surface area contributed by atoms with Crippen molar-refractivity contribution in [2.45, 2.75) is 25.1 Å². The van der Waals surface area contributed by atoms with Crippen molar-refractivity contribution in [1.29, 1.82) is 0 Å². The number of aromatic amines is 1. The largest absolute Gasteiger partial charge is 0.489 e. The molecular formula is C24H15F9N4O2. The van der Waals surface area contributed by atoms with Crippen LogP contribution in [0.2, 0.25) is 0 Å². The number of carbonyl (C=O) groups is 1. The van der Waals surface area contributed by atoms with Crippen LogP contribution in [0.25, 0.3) is 10.9 Å². The zero-order valence-electron chi connectivity index (χ0n) is 19.1. The van der Waals surface area contributed by atoms with Crippen LogP contribution in [0.1, 0.15) is 22.3 Å². The van der Waals surface area contributed by atoms with E-state index in [0.29, 0.717) is 17.6 Å². The summed E-state index contributed by atoms with van der Waals surface area (Å²) < 4.78 is 123. The van der Waals surface area contributed by atoms with E-state index < -0.39 is 53.4 Å². The molecule has 1 aromatic heterocycles. The Hall–Kier alpha value is -4.43. The van der Waals surface area contributed by atoms with Gasteiger partial charge in [0.05, 0.1) is 22.2 Å². The lowest BCUT2D eigenvalue weighted by Gasteiger charge is -2.16. The fraction of sp³-hybridized carbons (Fsp3) is 0.167. The summed E-state index contributed by atoms with van der Waals surface area (Å²) in [6.07, 6.45) is -14.7. The number of nitrogens with one attached hydrogen (secondary N) is 3. The number of halogens is 9. The first-order valence-corrected chi connectivity index (χ1v) is 10.7. The number of aromatic nitrogens is 2. The van der Waals surface area contributed by atoms with Gasteiger partial charge in [0.25, 0.3) is 0 Å². The monoisotopic (exact) mass is 562 g/mol. The standard InChI is InChI=1S/C24H15F9N4O2/c25-22(26,27)13-2-1-3-15(8-13)34-21(38)35-20-17-10-16(6-7-19(17)36-37-20)39-11-12-4-5-14(23(28,29)30)9-18(12)24(31,32)33/h1-10H,11H2,(H3,34,35,36,37,38). The van der Waals surface area contributed by atoms with E-state index >= 15 is 0 Å². The summed E-state index contributed by atoms with van der Waals surface area (Å²) >= 11 is 0. The summed E-state index contributed by atoms with van der Waals surface area (Å²) in [5.74, 6) is -0.0799. The number of alkyl halides is 9. The van der Waals surface area contributed by atoms with E-state index in [2.05, 4.69) is 20.8 Å². The van der Waals surface area contributed by atoms with Crippen molar-refractivity contribution in [3.8, 4) is 5.75 Å². The van der Waals surface area contributed by atoms with Crippen molar-refractivity contribution in [3.05, 3.63) is 82.9 Å². The highest BCUT2D eigenvalue weighted by molar-refractivity contribution is 6.04. The van der Waals surface area contributed by atoms with Gasteiger partial charge in [0.2, 0.25) is 0 Å². The van der Waals surface area contributed by atoms with E-state index in [1.165, 1.54) is 24.3 Å². The number of amides is 2. The van der Waals surface area contributed by atoms with E-state index in [1.54, 1.807) is 0 Å². The number of fused-ring (bicyclic) bond motifs is 1. The van der Waals surface area contributed by atoms with Crippen LogP contribution in [0.3, 0.4) is 0 Å². The molecule has 15 heteroatoms. The van der Waals surface area contributed by atoms with Gasteiger partial charge in [-0.2, -0.15) is 44.6 Å². The Labute approximate surface area is 212 Å². The molecule has 0 aliphatic rings. The summed E-state index contributed by atoms with van der Waals surface area (Å²) in [6, 6.07) is 8.22. The summed E-state index contributed by atoms with van der Waals surface area (Å²) in [6.45, 7) is -0.727. The van der Waals surface area contributed by atoms with Crippen molar-refractivity contribution >= 4 is 28.4 Å². The smallest absolute Gasteiger partial charge is 0.416 e. The van der Waals surface area contributed by atoms with Crippen LogP contribution in [0.4, 0.5) is 55.8 Å². The molecule has 0 aliphatic heterocycles. The topological polar surface area (TPSA) is 79.0 Å². The predicted octanol–water partition coefficient (Wildman–Crippen LogP) is 7.84. The Bertz CT molecular complexity index is 1510. The first-order chi connectivity index (χ1) is 18.1. The Balaban J connectivity index is 1.50. The molecular weight excluding hydrogens is 547 g/mol. The molecule has 206 valence electrons. The van der Waals surface area contributed by atoms with E-state index in [-0.39, 0.29) is 28.7 Å². The van der Waals surface area contributed by atoms with Gasteiger partial charge in [0.1, 0.15) is 12.4 Å². The van der Waals surface area contributed by atoms with Crippen LogP contribution >= 0.6 is 0 Å². The van der Waals surface area contributed by atoms with Crippen LogP contribution in [0.5, 0.6) is 5.75 Å². The number of hydrogen-bond donors (Lipinski definition) is 3. The van der Waals surface area contributed by atoms with E-state index in [4.69, 9.17) is 4.74 Å². The maximum absolute atomic E-state index is 13.4. The number of urea groups is 1. The zero-order valence-corrected chi connectivity index (χ0v) is 19.1. The highest BCUT2D eigenvalue weighted by atomic mass is 19.4. The minimum atomic E-state index is -5.07. The highest BCUT2D eigenvalue weighted by Gasteiger charge is 2.38. The second-order valence-electron chi connectivity index (χ2n) is 8.09. The molecule has 3 aromatic carbocycles. The molecule has 0 bridgehead atoms. The summed E-state index contributed by atoms with van der Waals surface area (Å²) in [5, 5.41) is 11.3. The SMILES string of the molecule is O=C(Nc1cccc(C(F)(F)F)c1)Nc1n[nH]c2ccc(OCc3ccc(C(F)(F)F)cc3C(F)(F)F)cc12. The number of anilines is 2. The molecule has 0 atom stereocenters. The minimum absolute atomic E-state index is 0.00161. The van der Waals surface area contributed by atoms with Crippen LogP contribution < -0.4 is 15.4 Å². The average Bonchev–Trinajstić information content (AvgIpc) is 3.22. The Morgan fingerprint density at radius 3 is 2.15 bits per heavy atom. The van der Waals surface area contributed by atoms with Crippen LogP contribution in [-0.4, -0.2) is 16.2 Å². The van der Waals surface area contributed by atoms with Gasteiger partial charge in [-0.3, -0.25) is 10.4 Å². The number of H-pyrrole nitrogens is 1. The van der Waals surface area contributed by atoms with Crippen molar-refractivity contribution in [1.82, 2.24) is 10.2 Å². The minimum Gasteiger partial charge on any atom is -0.489 e. The molecule has 0 saturated heterocycles. The van der Waals surface area contributed by atoms with Crippen LogP contribution in [0, 0.1) is 0 Å². The molecule has 4 aromatic rings. The fourth-order valence-electron chi connectivity index (χ4n) is 3.52. The van der Waals surface area contributed by atoms with Gasteiger partial charge in [-0.05, 0) is 48.5 Å². The van der Waals surface area contributed by atoms with Gasteiger partial charge in [0, 0.05) is 16.6 Å². The molecule has 0 unspecified atom stereocenters. The molecule has 0 spiro atoms. The van der Waals surface area contributed by atoms with E-state index in [1.807, 2.05) is 0 Å². The van der Waals surface area contributed by atoms with Crippen molar-refractivity contribution in [2.24, 2.45) is 0 Å². The molecule has 39 heavy (non-hydrogen) atoms. The number of ether oxygens (including phenoxy) is 1. The Morgan fingerprint density at radius 2 is 1.49 bits per heavy atom. The van der Waals surface area contributed by atoms with Gasteiger partial charge >= 0.3 is 24.6 Å². The lowest BCUT2D eigenvalue weighted by atomic mass is 10.0. The lowest BCUT2D eigenvalue weighted by Crippen LogP contribution is -2.20. The highest BCUT2D eigenvalue weighted by Crippen LogP contribution is 2.38. The van der Waals surface area contributed by atoms with Crippen molar-refractivity contribution in [3.63, 3.8) is 0 Å². The van der Waals surface area contributed by atoms with Gasteiger partial charge in [-0.15, -0.1) is 0 Å². The molecule has 6 nitrogen and oxygen atoms in total. The third kappa shape index (κ3) is 6.53. The predicted molar refractivity (Wildman–Crippen MR) is 121 cm³/mol. The number of rotatable bonds is 5. The third-order valence-corrected chi connectivity index (χ3v) is 5.35. The summed E-state index contributed by atoms with van der Waals surface area (Å²) in [5.41, 5.74) is -4.27. The fourth-order valence-corrected chi connectivity index (χ4v) is 3.52. The number of hydrogen-bond acceptors (Lipinski definition) is 3. The first-order valence-electron chi connectivity index (χ1n) is 10.7. The zero-order chi connectivity index (χ0) is 28.6. The maximum atomic E-state index is 13.4. The van der Waals surface area contributed by atoms with Crippen molar-refractivity contribution < 1.29 is 49.0 Å². The lowest BCUT2D eigenvalue weighted by molar-refractivity contribution is -0.143. The average molecular weight is 562 g/mol. The van der Waals surface area contributed by atoms with Crippen LogP contribution in [-0.2, 0) is 25.1 Å². The molecule has 3 N–H and O–H groups in total. The first kappa shape index (κ1) is 27.6. The third-order valence-electron chi connectivity index (χ3n) is 5.35. The quantitative estimate of drug-likeness (QED) is 0.217. The Kier molecular flexibility index (Phi) is 7.10. The number of carbonyl (C=O) groups excluding carboxylic acids is 1. The van der Waals surface area contributed by atoms with Gasteiger partial charge in [-0.25, -0.2) is 4.79 Å². The van der Waals surface area contributed by atoms with Gasteiger partial charge in [0.15, 0.2) is 5.82 Å². The second kappa shape index (κ2) is 10.0. The summed E-state index contributed by atoms with van der Waals surface area (Å²) in [7, 11) is 0. The molecule has 0 fully saturated rings. The Morgan fingerprint density at radius 1 is 0.795 bits per heavy atom. The van der Waals surface area contributed by atoms with Gasteiger partial charge in [-0.1, -0.05) is 12.1 Å². The van der Waals surface area contributed by atoms with E-state index in [9.17, 15) is 44.3 Å². The molecule has 0 radical (unpaired) electrons. The molecule has 1 heterocycles. The van der Waals surface area contributed by atoms with E-state index in [0.717, 1.165) is 18.2 Å².